The van der Waals surface area contributed by atoms with Crippen molar-refractivity contribution in [3.63, 3.8) is 0 Å². The molecular formula is C14H21NO7. The van der Waals surface area contributed by atoms with Crippen molar-refractivity contribution in [2.75, 3.05) is 35.4 Å². The molecule has 0 bridgehead atoms. The number of nitrogens with zero attached hydrogens (tertiary/aromatic N) is 1. The van der Waals surface area contributed by atoms with Crippen molar-refractivity contribution in [2.24, 2.45) is 0 Å². The van der Waals surface area contributed by atoms with Gasteiger partial charge in [0.2, 0.25) is 12.2 Å². The first-order chi connectivity index (χ1) is 10.3. The monoisotopic (exact) mass is 315 g/mol. The zero-order valence-corrected chi connectivity index (χ0v) is 13.2. The van der Waals surface area contributed by atoms with Crippen molar-refractivity contribution >= 4 is 12.4 Å². The molecule has 0 radical (unpaired) electrons. The van der Waals surface area contributed by atoms with Crippen molar-refractivity contribution in [1.29, 1.82) is 0 Å². The summed E-state index contributed by atoms with van der Waals surface area (Å²) in [6.45, 7) is 0. The number of carbonyl (C=O) groups excluding carboxylic acids is 1. The number of aliphatic hydroxyl groups excluding tert-OH is 1. The molecule has 0 saturated carbocycles. The van der Waals surface area contributed by atoms with E-state index in [9.17, 15) is 14.7 Å². The average molecular weight is 315 g/mol. The maximum absolute atomic E-state index is 10.7. The number of aliphatic hydroxyl groups is 1. The summed E-state index contributed by atoms with van der Waals surface area (Å²) < 4.78 is 15.2. The normalized spacial score (nSPS) is 10.6. The van der Waals surface area contributed by atoms with Crippen molar-refractivity contribution in [3.8, 4) is 17.2 Å². The zero-order valence-electron chi connectivity index (χ0n) is 13.2. The summed E-state index contributed by atoms with van der Waals surface area (Å²) in [6.07, 6.45) is -0.885. The van der Waals surface area contributed by atoms with E-state index in [2.05, 4.69) is 0 Å². The molecule has 1 amide bonds. The van der Waals surface area contributed by atoms with Crippen LogP contribution in [0.25, 0.3) is 0 Å². The van der Waals surface area contributed by atoms with Gasteiger partial charge in [0.15, 0.2) is 17.6 Å². The van der Waals surface area contributed by atoms with Gasteiger partial charge in [-0.1, -0.05) is 0 Å². The molecule has 0 aliphatic carbocycles. The van der Waals surface area contributed by atoms with Gasteiger partial charge in [0, 0.05) is 14.1 Å². The molecule has 0 fully saturated rings. The Kier molecular flexibility index (Phi) is 8.39. The van der Waals surface area contributed by atoms with Crippen LogP contribution in [0.5, 0.6) is 17.2 Å². The third-order valence-corrected chi connectivity index (χ3v) is 2.45. The van der Waals surface area contributed by atoms with E-state index in [-0.39, 0.29) is 5.56 Å². The molecule has 22 heavy (non-hydrogen) atoms. The smallest absolute Gasteiger partial charge is 0.337 e. The minimum absolute atomic E-state index is 0.159. The van der Waals surface area contributed by atoms with Crippen LogP contribution < -0.4 is 14.2 Å². The molecule has 124 valence electrons. The summed E-state index contributed by atoms with van der Waals surface area (Å²) in [5, 5.41) is 18.2. The molecule has 1 atom stereocenters. The molecule has 0 saturated heterocycles. The van der Waals surface area contributed by atoms with E-state index >= 15 is 0 Å². The van der Waals surface area contributed by atoms with Crippen LogP contribution in [0.4, 0.5) is 0 Å². The molecule has 1 rings (SSSR count). The maximum Gasteiger partial charge on any atom is 0.337 e. The number of carbonyl (C=O) groups is 2. The molecule has 8 nitrogen and oxygen atoms in total. The first kappa shape index (κ1) is 19.5. The Bertz CT molecular complexity index is 477. The second-order valence-electron chi connectivity index (χ2n) is 4.27. The lowest BCUT2D eigenvalue weighted by Crippen LogP contribution is -2.11. The molecule has 0 aromatic heterocycles. The fourth-order valence-electron chi connectivity index (χ4n) is 1.40. The van der Waals surface area contributed by atoms with E-state index in [1.54, 1.807) is 14.1 Å². The fourth-order valence-corrected chi connectivity index (χ4v) is 1.40. The highest BCUT2D eigenvalue weighted by Gasteiger charge is 2.21. The number of hydrogen-bond donors (Lipinski definition) is 2. The van der Waals surface area contributed by atoms with Gasteiger partial charge in [-0.15, -0.1) is 0 Å². The van der Waals surface area contributed by atoms with Crippen LogP contribution in [0.1, 0.15) is 11.7 Å². The molecule has 0 spiro atoms. The highest BCUT2D eigenvalue weighted by atomic mass is 16.5. The number of methoxy groups -OCH3 is 3. The van der Waals surface area contributed by atoms with Crippen LogP contribution in [0.2, 0.25) is 0 Å². The highest BCUT2D eigenvalue weighted by molar-refractivity contribution is 5.75. The summed E-state index contributed by atoms with van der Waals surface area (Å²) in [5.74, 6) is -0.417. The van der Waals surface area contributed by atoms with E-state index < -0.39 is 12.1 Å². The van der Waals surface area contributed by atoms with Gasteiger partial charge >= 0.3 is 5.97 Å². The lowest BCUT2D eigenvalue weighted by Gasteiger charge is -2.15. The Morgan fingerprint density at radius 3 is 1.77 bits per heavy atom. The molecule has 0 aliphatic heterocycles. The van der Waals surface area contributed by atoms with Crippen LogP contribution in [-0.4, -0.2) is 62.9 Å². The minimum Gasteiger partial charge on any atom is -0.493 e. The molecule has 1 aromatic carbocycles. The lowest BCUT2D eigenvalue weighted by molar-refractivity contribution is -0.147. The van der Waals surface area contributed by atoms with Crippen LogP contribution >= 0.6 is 0 Å². The summed E-state index contributed by atoms with van der Waals surface area (Å²) in [7, 11) is 7.64. The second-order valence-corrected chi connectivity index (χ2v) is 4.27. The third-order valence-electron chi connectivity index (χ3n) is 2.45. The van der Waals surface area contributed by atoms with Crippen LogP contribution in [-0.2, 0) is 9.59 Å². The number of aliphatic carboxylic acids is 1. The minimum atomic E-state index is -1.64. The van der Waals surface area contributed by atoms with Gasteiger partial charge in [-0.2, -0.15) is 0 Å². The summed E-state index contributed by atoms with van der Waals surface area (Å²) in [4.78, 5) is 21.6. The Morgan fingerprint density at radius 1 is 1.14 bits per heavy atom. The number of ether oxygens (including phenoxy) is 3. The molecule has 0 aliphatic rings. The second kappa shape index (κ2) is 9.46. The van der Waals surface area contributed by atoms with Gasteiger partial charge in [0.05, 0.1) is 21.3 Å². The molecular weight excluding hydrogens is 294 g/mol. The van der Waals surface area contributed by atoms with Crippen molar-refractivity contribution < 1.29 is 34.0 Å². The number of benzene rings is 1. The SMILES string of the molecule is CN(C)C=O.COc1cc(C(O)C(=O)O)cc(OC)c1OC. The largest absolute Gasteiger partial charge is 0.493 e. The summed E-state index contributed by atoms with van der Waals surface area (Å²) >= 11 is 0. The maximum atomic E-state index is 10.7. The lowest BCUT2D eigenvalue weighted by atomic mass is 10.1. The fraction of sp³-hybridized carbons (Fsp3) is 0.429. The number of hydrogen-bond acceptors (Lipinski definition) is 6. The Morgan fingerprint density at radius 2 is 1.55 bits per heavy atom. The average Bonchev–Trinajstić information content (AvgIpc) is 2.52. The van der Waals surface area contributed by atoms with Gasteiger partial charge in [-0.3, -0.25) is 4.79 Å². The third kappa shape index (κ3) is 5.49. The molecule has 0 heterocycles. The predicted molar refractivity (Wildman–Crippen MR) is 78.4 cm³/mol. The van der Waals surface area contributed by atoms with Crippen LogP contribution in [0, 0.1) is 0 Å². The van der Waals surface area contributed by atoms with Crippen molar-refractivity contribution in [1.82, 2.24) is 4.90 Å². The van der Waals surface area contributed by atoms with E-state index in [4.69, 9.17) is 19.3 Å². The predicted octanol–water partition coefficient (Wildman–Crippen LogP) is 0.535. The Hall–Kier alpha value is -2.48. The van der Waals surface area contributed by atoms with Crippen LogP contribution in [0.15, 0.2) is 12.1 Å². The molecule has 2 N–H and O–H groups in total. The first-order valence-electron chi connectivity index (χ1n) is 6.14. The number of amides is 1. The summed E-state index contributed by atoms with van der Waals surface area (Å²) in [6, 6.07) is 2.78. The molecule has 1 unspecified atom stereocenters. The Labute approximate surface area is 128 Å². The summed E-state index contributed by atoms with van der Waals surface area (Å²) in [5.41, 5.74) is 0.159. The number of carboxylic acid groups (broad SMARTS) is 1. The van der Waals surface area contributed by atoms with Gasteiger partial charge in [0.25, 0.3) is 0 Å². The van der Waals surface area contributed by atoms with Crippen molar-refractivity contribution in [2.45, 2.75) is 6.10 Å². The number of carboxylic acids is 1. The zero-order chi connectivity index (χ0) is 17.3. The van der Waals surface area contributed by atoms with E-state index in [1.807, 2.05) is 0 Å². The topological polar surface area (TPSA) is 106 Å². The standard InChI is InChI=1S/C11H14O6.C3H7NO/c1-15-7-4-6(9(12)11(13)14)5-8(16-2)10(7)17-3;1-4(2)3-5/h4-5,9,12H,1-3H3,(H,13,14);3H,1-2H3. The van der Waals surface area contributed by atoms with Gasteiger partial charge in [-0.25, -0.2) is 4.79 Å². The Balaban J connectivity index is 0.000000763. The van der Waals surface area contributed by atoms with E-state index in [0.717, 1.165) is 6.41 Å². The first-order valence-corrected chi connectivity index (χ1v) is 6.14. The van der Waals surface area contributed by atoms with Gasteiger partial charge in [-0.05, 0) is 17.7 Å². The van der Waals surface area contributed by atoms with Gasteiger partial charge in [0.1, 0.15) is 0 Å². The molecule has 8 heteroatoms. The highest BCUT2D eigenvalue weighted by Crippen LogP contribution is 2.39. The number of rotatable bonds is 6. The quantitative estimate of drug-likeness (QED) is 0.738. The molecule has 1 aromatic rings. The van der Waals surface area contributed by atoms with Crippen LogP contribution in [0.3, 0.4) is 0 Å². The van der Waals surface area contributed by atoms with Gasteiger partial charge < -0.3 is 29.3 Å². The van der Waals surface area contributed by atoms with E-state index in [0.29, 0.717) is 17.2 Å². The van der Waals surface area contributed by atoms with Crippen molar-refractivity contribution in [3.05, 3.63) is 17.7 Å². The van der Waals surface area contributed by atoms with E-state index in [1.165, 1.54) is 38.4 Å².